The van der Waals surface area contributed by atoms with Crippen LogP contribution in [-0.4, -0.2) is 17.7 Å². The molecule has 0 spiro atoms. The van der Waals surface area contributed by atoms with Crippen LogP contribution in [0.4, 0.5) is 0 Å². The van der Waals surface area contributed by atoms with Crippen molar-refractivity contribution in [3.8, 4) is 0 Å². The Morgan fingerprint density at radius 3 is 2.09 bits per heavy atom. The molecule has 0 aliphatic carbocycles. The SMILES string of the molecule is CC(C)C(=O)[C@H](N)CC(N)=O. The summed E-state index contributed by atoms with van der Waals surface area (Å²) in [5, 5.41) is 0. The summed E-state index contributed by atoms with van der Waals surface area (Å²) in [4.78, 5) is 21.4. The molecule has 0 unspecified atom stereocenters. The monoisotopic (exact) mass is 158 g/mol. The number of ketones is 1. The first kappa shape index (κ1) is 10.1. The van der Waals surface area contributed by atoms with Crippen LogP contribution in [-0.2, 0) is 9.59 Å². The van der Waals surface area contributed by atoms with Gasteiger partial charge in [0.1, 0.15) is 0 Å². The minimum Gasteiger partial charge on any atom is -0.370 e. The van der Waals surface area contributed by atoms with Gasteiger partial charge in [-0.1, -0.05) is 13.8 Å². The molecule has 1 atom stereocenters. The molecule has 0 aliphatic heterocycles. The van der Waals surface area contributed by atoms with E-state index in [0.717, 1.165) is 0 Å². The molecule has 1 amide bonds. The van der Waals surface area contributed by atoms with E-state index in [2.05, 4.69) is 0 Å². The van der Waals surface area contributed by atoms with Gasteiger partial charge in [0, 0.05) is 12.3 Å². The van der Waals surface area contributed by atoms with Gasteiger partial charge in [-0.15, -0.1) is 0 Å². The largest absolute Gasteiger partial charge is 0.370 e. The quantitative estimate of drug-likeness (QED) is 0.573. The Morgan fingerprint density at radius 2 is 1.82 bits per heavy atom. The van der Waals surface area contributed by atoms with E-state index in [1.54, 1.807) is 13.8 Å². The molecule has 0 aromatic carbocycles. The van der Waals surface area contributed by atoms with E-state index in [4.69, 9.17) is 11.5 Å². The van der Waals surface area contributed by atoms with Gasteiger partial charge in [0.2, 0.25) is 5.91 Å². The first-order chi connectivity index (χ1) is 4.95. The van der Waals surface area contributed by atoms with Crippen LogP contribution >= 0.6 is 0 Å². The van der Waals surface area contributed by atoms with Gasteiger partial charge in [0.25, 0.3) is 0 Å². The third-order valence-electron chi connectivity index (χ3n) is 1.36. The van der Waals surface area contributed by atoms with E-state index in [1.807, 2.05) is 0 Å². The molecule has 0 heterocycles. The van der Waals surface area contributed by atoms with E-state index < -0.39 is 11.9 Å². The molecular weight excluding hydrogens is 144 g/mol. The van der Waals surface area contributed by atoms with Crippen LogP contribution in [0.3, 0.4) is 0 Å². The van der Waals surface area contributed by atoms with Gasteiger partial charge in [-0.05, 0) is 0 Å². The second-order valence-corrected chi connectivity index (χ2v) is 2.83. The van der Waals surface area contributed by atoms with E-state index in [-0.39, 0.29) is 18.1 Å². The molecule has 4 N–H and O–H groups in total. The standard InChI is InChI=1S/C7H14N2O2/c1-4(2)7(11)5(8)3-6(9)10/h4-5H,3,8H2,1-2H3,(H2,9,10)/t5-/m1/s1. The van der Waals surface area contributed by atoms with Crippen molar-refractivity contribution in [2.45, 2.75) is 26.3 Å². The number of rotatable bonds is 4. The van der Waals surface area contributed by atoms with Gasteiger partial charge >= 0.3 is 0 Å². The normalized spacial score (nSPS) is 13.1. The number of nitrogens with two attached hydrogens (primary N) is 2. The Balaban J connectivity index is 3.93. The van der Waals surface area contributed by atoms with Gasteiger partial charge in [-0.2, -0.15) is 0 Å². The molecule has 0 saturated heterocycles. The molecular formula is C7H14N2O2. The number of amides is 1. The number of hydrogen-bond acceptors (Lipinski definition) is 3. The first-order valence-electron chi connectivity index (χ1n) is 3.52. The van der Waals surface area contributed by atoms with E-state index in [1.165, 1.54) is 0 Å². The number of hydrogen-bond donors (Lipinski definition) is 2. The zero-order valence-electron chi connectivity index (χ0n) is 6.83. The third kappa shape index (κ3) is 3.72. The number of carbonyl (C=O) groups is 2. The maximum atomic E-state index is 11.0. The minimum absolute atomic E-state index is 0.0585. The second kappa shape index (κ2) is 4.08. The van der Waals surface area contributed by atoms with Crippen LogP contribution in [0.15, 0.2) is 0 Å². The summed E-state index contributed by atoms with van der Waals surface area (Å²) in [5.74, 6) is -0.792. The summed E-state index contributed by atoms with van der Waals surface area (Å²) in [6.07, 6.45) is -0.0585. The Bertz CT molecular complexity index is 166. The Labute approximate surface area is 65.9 Å². The molecule has 4 nitrogen and oxygen atoms in total. The van der Waals surface area contributed by atoms with Gasteiger partial charge in [-0.3, -0.25) is 9.59 Å². The van der Waals surface area contributed by atoms with Crippen molar-refractivity contribution in [3.63, 3.8) is 0 Å². The third-order valence-corrected chi connectivity index (χ3v) is 1.36. The summed E-state index contributed by atoms with van der Waals surface area (Å²) >= 11 is 0. The highest BCUT2D eigenvalue weighted by Gasteiger charge is 2.18. The van der Waals surface area contributed by atoms with E-state index >= 15 is 0 Å². The maximum absolute atomic E-state index is 11.0. The van der Waals surface area contributed by atoms with Crippen LogP contribution < -0.4 is 11.5 Å². The van der Waals surface area contributed by atoms with Gasteiger partial charge in [0.15, 0.2) is 5.78 Å². The van der Waals surface area contributed by atoms with Crippen LogP contribution in [0.25, 0.3) is 0 Å². The predicted octanol–water partition coefficient (Wildman–Crippen LogP) is -0.586. The molecule has 0 fully saturated rings. The number of carbonyl (C=O) groups excluding carboxylic acids is 2. The Morgan fingerprint density at radius 1 is 1.36 bits per heavy atom. The highest BCUT2D eigenvalue weighted by atomic mass is 16.1. The fourth-order valence-corrected chi connectivity index (χ4v) is 0.745. The number of Topliss-reactive ketones (excluding diaryl/α,β-unsaturated/α-hetero) is 1. The van der Waals surface area contributed by atoms with Crippen LogP contribution in [0, 0.1) is 5.92 Å². The van der Waals surface area contributed by atoms with Crippen molar-refractivity contribution in [2.24, 2.45) is 17.4 Å². The van der Waals surface area contributed by atoms with E-state index in [0.29, 0.717) is 0 Å². The minimum atomic E-state index is -0.729. The summed E-state index contributed by atoms with van der Waals surface area (Å²) in [6.45, 7) is 3.48. The van der Waals surface area contributed by atoms with Crippen LogP contribution in [0.1, 0.15) is 20.3 Å². The fourth-order valence-electron chi connectivity index (χ4n) is 0.745. The molecule has 0 bridgehead atoms. The predicted molar refractivity (Wildman–Crippen MR) is 41.6 cm³/mol. The smallest absolute Gasteiger partial charge is 0.219 e. The molecule has 0 aliphatic rings. The Kier molecular flexibility index (Phi) is 3.74. The van der Waals surface area contributed by atoms with E-state index in [9.17, 15) is 9.59 Å². The van der Waals surface area contributed by atoms with Crippen molar-refractivity contribution in [1.82, 2.24) is 0 Å². The molecule has 0 aromatic heterocycles. The van der Waals surface area contributed by atoms with Gasteiger partial charge in [-0.25, -0.2) is 0 Å². The molecule has 4 heteroatoms. The lowest BCUT2D eigenvalue weighted by Crippen LogP contribution is -2.37. The molecule has 64 valence electrons. The van der Waals surface area contributed by atoms with Crippen LogP contribution in [0.2, 0.25) is 0 Å². The lowest BCUT2D eigenvalue weighted by Gasteiger charge is -2.10. The summed E-state index contributed by atoms with van der Waals surface area (Å²) in [7, 11) is 0. The summed E-state index contributed by atoms with van der Waals surface area (Å²) < 4.78 is 0. The second-order valence-electron chi connectivity index (χ2n) is 2.83. The lowest BCUT2D eigenvalue weighted by atomic mass is 10.0. The fraction of sp³-hybridized carbons (Fsp3) is 0.714. The molecule has 0 rings (SSSR count). The van der Waals surface area contributed by atoms with Crippen molar-refractivity contribution in [3.05, 3.63) is 0 Å². The van der Waals surface area contributed by atoms with Gasteiger partial charge in [0.05, 0.1) is 6.04 Å². The zero-order chi connectivity index (χ0) is 9.02. The topological polar surface area (TPSA) is 86.2 Å². The van der Waals surface area contributed by atoms with Crippen molar-refractivity contribution in [1.29, 1.82) is 0 Å². The molecule has 0 radical (unpaired) electrons. The molecule has 0 saturated carbocycles. The summed E-state index contributed by atoms with van der Waals surface area (Å²) in [5.41, 5.74) is 10.2. The van der Waals surface area contributed by atoms with Crippen molar-refractivity contribution < 1.29 is 9.59 Å². The average Bonchev–Trinajstić information content (AvgIpc) is 1.84. The lowest BCUT2D eigenvalue weighted by molar-refractivity contribution is -0.126. The molecule has 0 aromatic rings. The first-order valence-corrected chi connectivity index (χ1v) is 3.52. The highest BCUT2D eigenvalue weighted by molar-refractivity contribution is 5.90. The summed E-state index contributed by atoms with van der Waals surface area (Å²) in [6, 6.07) is -0.729. The number of primary amides is 1. The van der Waals surface area contributed by atoms with Crippen LogP contribution in [0.5, 0.6) is 0 Å². The zero-order valence-corrected chi connectivity index (χ0v) is 6.83. The van der Waals surface area contributed by atoms with Crippen molar-refractivity contribution in [2.75, 3.05) is 0 Å². The van der Waals surface area contributed by atoms with Gasteiger partial charge < -0.3 is 11.5 Å². The molecule has 11 heavy (non-hydrogen) atoms. The Hall–Kier alpha value is -0.900. The average molecular weight is 158 g/mol. The van der Waals surface area contributed by atoms with Crippen molar-refractivity contribution >= 4 is 11.7 Å². The maximum Gasteiger partial charge on any atom is 0.219 e. The highest BCUT2D eigenvalue weighted by Crippen LogP contribution is 2.00.